The zero-order valence-corrected chi connectivity index (χ0v) is 16.8. The molecule has 1 aromatic heterocycles. The first-order valence-electron chi connectivity index (χ1n) is 8.71. The molecule has 0 radical (unpaired) electrons. The third-order valence-electron chi connectivity index (χ3n) is 3.69. The largest absolute Gasteiger partial charge is 0.352 e. The molecule has 0 saturated carbocycles. The molecule has 142 valence electrons. The predicted octanol–water partition coefficient (Wildman–Crippen LogP) is 3.22. The van der Waals surface area contributed by atoms with Crippen LogP contribution in [0.5, 0.6) is 0 Å². The highest BCUT2D eigenvalue weighted by atomic mass is 32.2. The summed E-state index contributed by atoms with van der Waals surface area (Å²) in [5.41, 5.74) is 1.68. The molecule has 2 N–H and O–H groups in total. The van der Waals surface area contributed by atoms with Crippen LogP contribution in [0.2, 0.25) is 0 Å². The number of hydrogen-bond acceptors (Lipinski definition) is 4. The third kappa shape index (κ3) is 7.68. The zero-order valence-electron chi connectivity index (χ0n) is 15.2. The van der Waals surface area contributed by atoms with Crippen LogP contribution in [0.1, 0.15) is 42.7 Å². The van der Waals surface area contributed by atoms with Crippen molar-refractivity contribution in [3.05, 3.63) is 57.8 Å². The van der Waals surface area contributed by atoms with Crippen LogP contribution >= 0.6 is 11.3 Å². The van der Waals surface area contributed by atoms with Crippen LogP contribution in [-0.4, -0.2) is 20.4 Å². The number of hydrogen-bond donors (Lipinski definition) is 2. The summed E-state index contributed by atoms with van der Waals surface area (Å²) in [5, 5.41) is 4.95. The van der Waals surface area contributed by atoms with Gasteiger partial charge in [0.2, 0.25) is 15.9 Å². The molecule has 7 heteroatoms. The van der Waals surface area contributed by atoms with E-state index >= 15 is 0 Å². The lowest BCUT2D eigenvalue weighted by Gasteiger charge is -2.10. The highest BCUT2D eigenvalue weighted by Crippen LogP contribution is 2.12. The Kier molecular flexibility index (Phi) is 7.81. The standard InChI is InChI=1S/C19H26N2O3S2/c1-15(2)21-26(23,24)14-17-10-8-16(9-11-17)13-20-19(22)7-3-5-18-6-4-12-25-18/h4,6,8-12,15,21H,3,5,7,13-14H2,1-2H3,(H,20,22). The molecule has 0 spiro atoms. The molecule has 0 aliphatic heterocycles. The van der Waals surface area contributed by atoms with Gasteiger partial charge in [-0.3, -0.25) is 4.79 Å². The lowest BCUT2D eigenvalue weighted by molar-refractivity contribution is -0.121. The molecule has 0 fully saturated rings. The Bertz CT molecular complexity index is 783. The Balaban J connectivity index is 1.73. The van der Waals surface area contributed by atoms with Gasteiger partial charge in [-0.15, -0.1) is 11.3 Å². The number of carbonyl (C=O) groups excluding carboxylic acids is 1. The maximum Gasteiger partial charge on any atom is 0.220 e. The van der Waals surface area contributed by atoms with E-state index in [1.165, 1.54) is 4.88 Å². The van der Waals surface area contributed by atoms with Gasteiger partial charge in [-0.25, -0.2) is 13.1 Å². The first kappa shape index (κ1) is 20.6. The van der Waals surface area contributed by atoms with Crippen LogP contribution in [0.4, 0.5) is 0 Å². The van der Waals surface area contributed by atoms with Crippen LogP contribution in [0.15, 0.2) is 41.8 Å². The number of thiophene rings is 1. The van der Waals surface area contributed by atoms with Crippen molar-refractivity contribution in [3.8, 4) is 0 Å². The van der Waals surface area contributed by atoms with Crippen LogP contribution in [0, 0.1) is 0 Å². The van der Waals surface area contributed by atoms with Gasteiger partial charge in [0, 0.05) is 23.9 Å². The van der Waals surface area contributed by atoms with E-state index in [1.807, 2.05) is 23.6 Å². The Morgan fingerprint density at radius 3 is 2.42 bits per heavy atom. The van der Waals surface area contributed by atoms with Crippen molar-refractivity contribution in [1.29, 1.82) is 0 Å². The fourth-order valence-electron chi connectivity index (χ4n) is 2.54. The Hall–Kier alpha value is -1.70. The van der Waals surface area contributed by atoms with E-state index in [4.69, 9.17) is 0 Å². The van der Waals surface area contributed by atoms with Gasteiger partial charge in [0.1, 0.15) is 0 Å². The molecule has 0 unspecified atom stereocenters. The first-order valence-corrected chi connectivity index (χ1v) is 11.2. The molecule has 1 heterocycles. The van der Waals surface area contributed by atoms with Crippen LogP contribution in [0.3, 0.4) is 0 Å². The zero-order chi connectivity index (χ0) is 19.0. The number of rotatable bonds is 10. The van der Waals surface area contributed by atoms with Crippen molar-refractivity contribution in [1.82, 2.24) is 10.0 Å². The molecule has 26 heavy (non-hydrogen) atoms. The fourth-order valence-corrected chi connectivity index (χ4v) is 4.72. The van der Waals surface area contributed by atoms with E-state index in [2.05, 4.69) is 16.1 Å². The molecule has 1 amide bonds. The van der Waals surface area contributed by atoms with E-state index in [1.54, 1.807) is 37.3 Å². The maximum absolute atomic E-state index is 11.9. The number of amides is 1. The molecule has 0 aliphatic rings. The first-order chi connectivity index (χ1) is 12.3. The van der Waals surface area contributed by atoms with Crippen molar-refractivity contribution in [3.63, 3.8) is 0 Å². The minimum atomic E-state index is -3.32. The van der Waals surface area contributed by atoms with Gasteiger partial charge in [0.15, 0.2) is 0 Å². The number of benzene rings is 1. The molecule has 0 saturated heterocycles. The van der Waals surface area contributed by atoms with Gasteiger partial charge >= 0.3 is 0 Å². The lowest BCUT2D eigenvalue weighted by atomic mass is 10.1. The highest BCUT2D eigenvalue weighted by molar-refractivity contribution is 7.88. The molecule has 1 aromatic carbocycles. The summed E-state index contributed by atoms with van der Waals surface area (Å²) in [6.45, 7) is 4.04. The van der Waals surface area contributed by atoms with E-state index in [9.17, 15) is 13.2 Å². The molecule has 5 nitrogen and oxygen atoms in total. The molecule has 0 bridgehead atoms. The maximum atomic E-state index is 11.9. The summed E-state index contributed by atoms with van der Waals surface area (Å²) in [6.07, 6.45) is 2.28. The number of aryl methyl sites for hydroxylation is 1. The second-order valence-electron chi connectivity index (χ2n) is 6.56. The quantitative estimate of drug-likeness (QED) is 0.650. The summed E-state index contributed by atoms with van der Waals surface area (Å²) in [7, 11) is -3.32. The number of carbonyl (C=O) groups is 1. The molecular formula is C19H26N2O3S2. The van der Waals surface area contributed by atoms with Crippen molar-refractivity contribution in [2.75, 3.05) is 0 Å². The molecular weight excluding hydrogens is 368 g/mol. The van der Waals surface area contributed by atoms with E-state index < -0.39 is 10.0 Å². The third-order valence-corrected chi connectivity index (χ3v) is 6.17. The predicted molar refractivity (Wildman–Crippen MR) is 106 cm³/mol. The lowest BCUT2D eigenvalue weighted by Crippen LogP contribution is -2.31. The fraction of sp³-hybridized carbons (Fsp3) is 0.421. The average Bonchev–Trinajstić information content (AvgIpc) is 3.06. The van der Waals surface area contributed by atoms with Gasteiger partial charge < -0.3 is 5.32 Å². The highest BCUT2D eigenvalue weighted by Gasteiger charge is 2.12. The van der Waals surface area contributed by atoms with Crippen molar-refractivity contribution < 1.29 is 13.2 Å². The monoisotopic (exact) mass is 394 g/mol. The Labute approximate surface area is 159 Å². The number of nitrogens with one attached hydrogen (secondary N) is 2. The van der Waals surface area contributed by atoms with Crippen LogP contribution in [-0.2, 0) is 33.5 Å². The summed E-state index contributed by atoms with van der Waals surface area (Å²) in [6, 6.07) is 11.3. The normalized spacial score (nSPS) is 11.7. The second-order valence-corrected chi connectivity index (χ2v) is 9.34. The van der Waals surface area contributed by atoms with Gasteiger partial charge in [-0.1, -0.05) is 30.3 Å². The van der Waals surface area contributed by atoms with E-state index in [-0.39, 0.29) is 17.7 Å². The van der Waals surface area contributed by atoms with Crippen molar-refractivity contribution in [2.24, 2.45) is 0 Å². The van der Waals surface area contributed by atoms with Gasteiger partial charge in [0.05, 0.1) is 5.75 Å². The molecule has 0 aliphatic carbocycles. The smallest absolute Gasteiger partial charge is 0.220 e. The SMILES string of the molecule is CC(C)NS(=O)(=O)Cc1ccc(CNC(=O)CCCc2cccs2)cc1. The molecule has 0 atom stereocenters. The summed E-state index contributed by atoms with van der Waals surface area (Å²) < 4.78 is 26.4. The van der Waals surface area contributed by atoms with Crippen molar-refractivity contribution >= 4 is 27.3 Å². The average molecular weight is 395 g/mol. The summed E-state index contributed by atoms with van der Waals surface area (Å²) in [5.74, 6) is -0.00470. The second kappa shape index (κ2) is 9.85. The minimum absolute atomic E-state index is 0.0364. The van der Waals surface area contributed by atoms with Crippen molar-refractivity contribution in [2.45, 2.75) is 51.4 Å². The summed E-state index contributed by atoms with van der Waals surface area (Å²) >= 11 is 1.71. The number of sulfonamides is 1. The molecule has 2 aromatic rings. The topological polar surface area (TPSA) is 75.3 Å². The van der Waals surface area contributed by atoms with E-state index in [0.717, 1.165) is 24.0 Å². The minimum Gasteiger partial charge on any atom is -0.352 e. The van der Waals surface area contributed by atoms with Crippen LogP contribution in [0.25, 0.3) is 0 Å². The molecule has 2 rings (SSSR count). The van der Waals surface area contributed by atoms with E-state index in [0.29, 0.717) is 13.0 Å². The van der Waals surface area contributed by atoms with Gasteiger partial charge in [-0.05, 0) is 49.3 Å². The summed E-state index contributed by atoms with van der Waals surface area (Å²) in [4.78, 5) is 13.2. The van der Waals surface area contributed by atoms with Crippen LogP contribution < -0.4 is 10.0 Å². The van der Waals surface area contributed by atoms with Gasteiger partial charge in [-0.2, -0.15) is 0 Å². The van der Waals surface area contributed by atoms with Gasteiger partial charge in [0.25, 0.3) is 0 Å². The Morgan fingerprint density at radius 1 is 1.12 bits per heavy atom. The Morgan fingerprint density at radius 2 is 1.81 bits per heavy atom.